The minimum absolute atomic E-state index is 0.150. The third-order valence-electron chi connectivity index (χ3n) is 1.58. The maximum absolute atomic E-state index is 11.7. The van der Waals surface area contributed by atoms with Crippen molar-refractivity contribution in [1.82, 2.24) is 4.31 Å². The van der Waals surface area contributed by atoms with Crippen molar-refractivity contribution >= 4 is 25.7 Å². The van der Waals surface area contributed by atoms with Crippen molar-refractivity contribution in [2.24, 2.45) is 5.73 Å². The minimum atomic E-state index is -3.91. The van der Waals surface area contributed by atoms with Gasteiger partial charge in [-0.2, -0.15) is 4.31 Å². The van der Waals surface area contributed by atoms with Gasteiger partial charge in [-0.15, -0.1) is 0 Å². The molecule has 0 aromatic carbocycles. The van der Waals surface area contributed by atoms with Crippen molar-refractivity contribution in [3.8, 4) is 0 Å². The van der Waals surface area contributed by atoms with Gasteiger partial charge in [-0.1, -0.05) is 6.92 Å². The summed E-state index contributed by atoms with van der Waals surface area (Å²) < 4.78 is 46.1. The van der Waals surface area contributed by atoms with E-state index in [1.54, 1.807) is 6.92 Å². The molecule has 0 saturated carbocycles. The molecule has 0 atom stereocenters. The molecule has 3 N–H and O–H groups in total. The SMILES string of the molecule is CCCN(CC(=N)N)S(=O)(=O)CS(C)(=O)=O. The van der Waals surface area contributed by atoms with Crippen molar-refractivity contribution in [2.75, 3.05) is 24.4 Å². The van der Waals surface area contributed by atoms with Crippen LogP contribution in [0, 0.1) is 5.41 Å². The smallest absolute Gasteiger partial charge is 0.228 e. The molecule has 0 aliphatic rings. The average Bonchev–Trinajstić information content (AvgIpc) is 1.97. The molecule has 0 aromatic rings. The monoisotopic (exact) mass is 271 g/mol. The summed E-state index contributed by atoms with van der Waals surface area (Å²) >= 11 is 0. The van der Waals surface area contributed by atoms with Crippen LogP contribution in [-0.4, -0.2) is 51.4 Å². The first kappa shape index (κ1) is 15.3. The molecular weight excluding hydrogens is 254 g/mol. The molecule has 0 bridgehead atoms. The molecule has 96 valence electrons. The number of hydrogen-bond donors (Lipinski definition) is 2. The highest BCUT2D eigenvalue weighted by atomic mass is 32.3. The van der Waals surface area contributed by atoms with Gasteiger partial charge in [0, 0.05) is 12.8 Å². The van der Waals surface area contributed by atoms with Gasteiger partial charge < -0.3 is 5.73 Å². The largest absolute Gasteiger partial charge is 0.387 e. The fourth-order valence-electron chi connectivity index (χ4n) is 1.10. The van der Waals surface area contributed by atoms with Crippen LogP contribution >= 0.6 is 0 Å². The lowest BCUT2D eigenvalue weighted by Crippen LogP contribution is -2.41. The molecule has 0 aliphatic heterocycles. The van der Waals surface area contributed by atoms with Gasteiger partial charge in [0.2, 0.25) is 10.0 Å². The van der Waals surface area contributed by atoms with E-state index in [0.29, 0.717) is 6.42 Å². The Bertz CT molecular complexity index is 440. The molecule has 16 heavy (non-hydrogen) atoms. The highest BCUT2D eigenvalue weighted by Crippen LogP contribution is 2.05. The molecule has 0 spiro atoms. The van der Waals surface area contributed by atoms with E-state index in [1.165, 1.54) is 0 Å². The Morgan fingerprint density at radius 2 is 1.81 bits per heavy atom. The number of nitrogens with zero attached hydrogens (tertiary/aromatic N) is 1. The van der Waals surface area contributed by atoms with Crippen LogP contribution in [0.15, 0.2) is 0 Å². The molecule has 0 aromatic heterocycles. The first-order valence-electron chi connectivity index (χ1n) is 4.57. The molecule has 7 nitrogen and oxygen atoms in total. The Morgan fingerprint density at radius 3 is 2.12 bits per heavy atom. The van der Waals surface area contributed by atoms with E-state index in [1.807, 2.05) is 0 Å². The highest BCUT2D eigenvalue weighted by Gasteiger charge is 2.26. The van der Waals surface area contributed by atoms with Crippen LogP contribution in [0.5, 0.6) is 0 Å². The van der Waals surface area contributed by atoms with E-state index >= 15 is 0 Å². The van der Waals surface area contributed by atoms with Crippen LogP contribution in [-0.2, 0) is 19.9 Å². The third kappa shape index (κ3) is 6.03. The van der Waals surface area contributed by atoms with E-state index < -0.39 is 24.9 Å². The first-order valence-corrected chi connectivity index (χ1v) is 8.24. The Kier molecular flexibility index (Phi) is 5.36. The molecule has 0 unspecified atom stereocenters. The number of hydrogen-bond acceptors (Lipinski definition) is 5. The molecule has 0 heterocycles. The van der Waals surface area contributed by atoms with Crippen molar-refractivity contribution in [1.29, 1.82) is 5.41 Å². The summed E-state index contributed by atoms with van der Waals surface area (Å²) in [5.74, 6) is -0.314. The predicted octanol–water partition coefficient (Wildman–Crippen LogP) is -1.03. The molecule has 0 rings (SSSR count). The molecule has 9 heteroatoms. The second-order valence-corrected chi connectivity index (χ2v) is 7.99. The average molecular weight is 271 g/mol. The molecule has 0 aliphatic carbocycles. The maximum atomic E-state index is 11.7. The van der Waals surface area contributed by atoms with Gasteiger partial charge in [-0.25, -0.2) is 16.8 Å². The minimum Gasteiger partial charge on any atom is -0.387 e. The van der Waals surface area contributed by atoms with Crippen molar-refractivity contribution < 1.29 is 16.8 Å². The number of rotatable bonds is 7. The number of sulfone groups is 1. The number of nitrogens with two attached hydrogens (primary N) is 1. The van der Waals surface area contributed by atoms with Crippen LogP contribution in [0.4, 0.5) is 0 Å². The van der Waals surface area contributed by atoms with Gasteiger partial charge in [0.05, 0.1) is 6.54 Å². The summed E-state index contributed by atoms with van der Waals surface area (Å²) in [6.07, 6.45) is 1.37. The van der Waals surface area contributed by atoms with Gasteiger partial charge in [-0.3, -0.25) is 5.41 Å². The first-order chi connectivity index (χ1) is 7.08. The van der Waals surface area contributed by atoms with Crippen LogP contribution in [0.25, 0.3) is 0 Å². The number of amidine groups is 1. The Hall–Kier alpha value is -0.670. The molecule has 0 saturated heterocycles. The van der Waals surface area contributed by atoms with Gasteiger partial charge in [0.25, 0.3) is 0 Å². The fourth-order valence-corrected chi connectivity index (χ4v) is 4.66. The molecule has 0 fully saturated rings. The van der Waals surface area contributed by atoms with E-state index in [-0.39, 0.29) is 18.9 Å². The Balaban J connectivity index is 4.97. The number of nitrogens with one attached hydrogen (secondary N) is 1. The summed E-state index contributed by atoms with van der Waals surface area (Å²) in [4.78, 5) is 0. The van der Waals surface area contributed by atoms with E-state index in [0.717, 1.165) is 10.6 Å². The lowest BCUT2D eigenvalue weighted by molar-refractivity contribution is 0.450. The lowest BCUT2D eigenvalue weighted by atomic mass is 10.4. The van der Waals surface area contributed by atoms with Crippen LogP contribution in [0.1, 0.15) is 13.3 Å². The van der Waals surface area contributed by atoms with Crippen LogP contribution in [0.2, 0.25) is 0 Å². The molecular formula is C7H17N3O4S2. The topological polar surface area (TPSA) is 121 Å². The van der Waals surface area contributed by atoms with Crippen LogP contribution in [0.3, 0.4) is 0 Å². The normalized spacial score (nSPS) is 12.9. The summed E-state index contributed by atoms with van der Waals surface area (Å²) in [7, 11) is -7.53. The molecule has 0 amide bonds. The standard InChI is InChI=1S/C7H17N3O4S2/c1-3-4-10(5-7(8)9)16(13,14)6-15(2,11)12/h3-6H2,1-2H3,(H3,8,9). The van der Waals surface area contributed by atoms with Gasteiger partial charge in [0.1, 0.15) is 5.84 Å². The summed E-state index contributed by atoms with van der Waals surface area (Å²) in [5, 5.41) is 6.09. The predicted molar refractivity (Wildman–Crippen MR) is 62.4 cm³/mol. The number of sulfonamides is 1. The molecule has 0 radical (unpaired) electrons. The summed E-state index contributed by atoms with van der Waals surface area (Å²) in [6, 6.07) is 0. The van der Waals surface area contributed by atoms with Gasteiger partial charge in [-0.05, 0) is 6.42 Å². The lowest BCUT2D eigenvalue weighted by Gasteiger charge is -2.20. The van der Waals surface area contributed by atoms with E-state index in [4.69, 9.17) is 11.1 Å². The zero-order chi connectivity index (χ0) is 13.0. The zero-order valence-electron chi connectivity index (χ0n) is 9.30. The van der Waals surface area contributed by atoms with Crippen molar-refractivity contribution in [3.63, 3.8) is 0 Å². The van der Waals surface area contributed by atoms with Crippen LogP contribution < -0.4 is 5.73 Å². The third-order valence-corrected chi connectivity index (χ3v) is 5.58. The van der Waals surface area contributed by atoms with E-state index in [2.05, 4.69) is 0 Å². The zero-order valence-corrected chi connectivity index (χ0v) is 10.9. The van der Waals surface area contributed by atoms with Crippen molar-refractivity contribution in [3.05, 3.63) is 0 Å². The summed E-state index contributed by atoms with van der Waals surface area (Å²) in [5.41, 5.74) is 5.11. The second kappa shape index (κ2) is 5.60. The Morgan fingerprint density at radius 1 is 1.31 bits per heavy atom. The second-order valence-electron chi connectivity index (χ2n) is 3.51. The van der Waals surface area contributed by atoms with Gasteiger partial charge >= 0.3 is 0 Å². The van der Waals surface area contributed by atoms with Gasteiger partial charge in [0.15, 0.2) is 14.9 Å². The van der Waals surface area contributed by atoms with E-state index in [9.17, 15) is 16.8 Å². The quantitative estimate of drug-likeness (QED) is 0.453. The maximum Gasteiger partial charge on any atom is 0.228 e. The highest BCUT2D eigenvalue weighted by molar-refractivity contribution is 8.06. The van der Waals surface area contributed by atoms with Crippen molar-refractivity contribution in [2.45, 2.75) is 13.3 Å². The summed E-state index contributed by atoms with van der Waals surface area (Å²) in [6.45, 7) is 1.63. The fraction of sp³-hybridized carbons (Fsp3) is 0.857. The Labute approximate surface area is 96.1 Å².